The average molecular weight is 240 g/mol. The van der Waals surface area contributed by atoms with E-state index in [-0.39, 0.29) is 5.91 Å². The zero-order valence-electron chi connectivity index (χ0n) is 10.8. The maximum atomic E-state index is 11.6. The lowest BCUT2D eigenvalue weighted by Gasteiger charge is -2.22. The van der Waals surface area contributed by atoms with Crippen molar-refractivity contribution in [3.63, 3.8) is 0 Å². The SMILES string of the molecule is CC1(CNC(=O)CCOC2CCNCC2)CC1. The maximum absolute atomic E-state index is 11.6. The van der Waals surface area contributed by atoms with Crippen LogP contribution in [0.3, 0.4) is 0 Å². The van der Waals surface area contributed by atoms with Crippen molar-refractivity contribution in [1.82, 2.24) is 10.6 Å². The highest BCUT2D eigenvalue weighted by Crippen LogP contribution is 2.43. The zero-order chi connectivity index (χ0) is 12.1. The molecule has 0 aromatic carbocycles. The summed E-state index contributed by atoms with van der Waals surface area (Å²) in [6.45, 7) is 5.69. The van der Waals surface area contributed by atoms with E-state index in [9.17, 15) is 4.79 Å². The van der Waals surface area contributed by atoms with Crippen LogP contribution in [0.1, 0.15) is 39.0 Å². The molecular formula is C13H24N2O2. The molecular weight excluding hydrogens is 216 g/mol. The van der Waals surface area contributed by atoms with Crippen molar-refractivity contribution in [1.29, 1.82) is 0 Å². The van der Waals surface area contributed by atoms with Gasteiger partial charge >= 0.3 is 0 Å². The van der Waals surface area contributed by atoms with E-state index in [1.54, 1.807) is 0 Å². The molecule has 2 fully saturated rings. The van der Waals surface area contributed by atoms with Crippen molar-refractivity contribution >= 4 is 5.91 Å². The molecule has 0 spiro atoms. The van der Waals surface area contributed by atoms with Crippen LogP contribution in [-0.4, -0.2) is 38.3 Å². The van der Waals surface area contributed by atoms with Gasteiger partial charge in [0.25, 0.3) is 0 Å². The third-order valence-electron chi connectivity index (χ3n) is 3.78. The van der Waals surface area contributed by atoms with Gasteiger partial charge in [0.1, 0.15) is 0 Å². The molecule has 17 heavy (non-hydrogen) atoms. The monoisotopic (exact) mass is 240 g/mol. The molecule has 0 aromatic rings. The normalized spacial score (nSPS) is 23.4. The first kappa shape index (κ1) is 12.8. The van der Waals surface area contributed by atoms with Crippen molar-refractivity contribution in [2.75, 3.05) is 26.2 Å². The van der Waals surface area contributed by atoms with Crippen molar-refractivity contribution < 1.29 is 9.53 Å². The van der Waals surface area contributed by atoms with Gasteiger partial charge < -0.3 is 15.4 Å². The van der Waals surface area contributed by atoms with Gasteiger partial charge in [-0.05, 0) is 44.2 Å². The molecule has 1 aliphatic carbocycles. The van der Waals surface area contributed by atoms with E-state index in [0.717, 1.165) is 32.5 Å². The molecule has 1 aliphatic heterocycles. The van der Waals surface area contributed by atoms with Crippen LogP contribution in [-0.2, 0) is 9.53 Å². The van der Waals surface area contributed by atoms with Crippen molar-refractivity contribution in [3.8, 4) is 0 Å². The van der Waals surface area contributed by atoms with Crippen molar-refractivity contribution in [2.24, 2.45) is 5.41 Å². The number of amides is 1. The molecule has 1 saturated carbocycles. The molecule has 0 aromatic heterocycles. The Morgan fingerprint density at radius 2 is 2.12 bits per heavy atom. The number of nitrogens with one attached hydrogen (secondary N) is 2. The molecule has 1 heterocycles. The van der Waals surface area contributed by atoms with Gasteiger partial charge in [0.15, 0.2) is 0 Å². The van der Waals surface area contributed by atoms with Crippen LogP contribution in [0.5, 0.6) is 0 Å². The Balaban J connectivity index is 1.50. The average Bonchev–Trinajstić information content (AvgIpc) is 3.07. The molecule has 4 nitrogen and oxygen atoms in total. The lowest BCUT2D eigenvalue weighted by Crippen LogP contribution is -2.34. The van der Waals surface area contributed by atoms with E-state index in [2.05, 4.69) is 17.6 Å². The van der Waals surface area contributed by atoms with Crippen molar-refractivity contribution in [2.45, 2.75) is 45.1 Å². The smallest absolute Gasteiger partial charge is 0.222 e. The van der Waals surface area contributed by atoms with Gasteiger partial charge in [-0.15, -0.1) is 0 Å². The fourth-order valence-corrected chi connectivity index (χ4v) is 2.07. The lowest BCUT2D eigenvalue weighted by molar-refractivity contribution is -0.123. The Morgan fingerprint density at radius 3 is 2.76 bits per heavy atom. The Hall–Kier alpha value is -0.610. The summed E-state index contributed by atoms with van der Waals surface area (Å²) in [5.74, 6) is 0.132. The molecule has 2 N–H and O–H groups in total. The van der Waals surface area contributed by atoms with Gasteiger partial charge in [0, 0.05) is 13.0 Å². The van der Waals surface area contributed by atoms with Crippen LogP contribution in [0, 0.1) is 5.41 Å². The minimum absolute atomic E-state index is 0.132. The summed E-state index contributed by atoms with van der Waals surface area (Å²) in [4.78, 5) is 11.6. The molecule has 0 unspecified atom stereocenters. The molecule has 1 amide bonds. The number of carbonyl (C=O) groups excluding carboxylic acids is 1. The molecule has 1 saturated heterocycles. The van der Waals surface area contributed by atoms with Gasteiger partial charge in [-0.3, -0.25) is 4.79 Å². The first-order chi connectivity index (χ1) is 8.18. The van der Waals surface area contributed by atoms with Gasteiger partial charge in [-0.25, -0.2) is 0 Å². The van der Waals surface area contributed by atoms with E-state index < -0.39 is 0 Å². The van der Waals surface area contributed by atoms with Crippen LogP contribution in [0.15, 0.2) is 0 Å². The second-order valence-corrected chi connectivity index (χ2v) is 5.66. The summed E-state index contributed by atoms with van der Waals surface area (Å²) in [6, 6.07) is 0. The van der Waals surface area contributed by atoms with Crippen LogP contribution < -0.4 is 10.6 Å². The third kappa shape index (κ3) is 4.64. The van der Waals surface area contributed by atoms with Crippen LogP contribution in [0.25, 0.3) is 0 Å². The first-order valence-corrected chi connectivity index (χ1v) is 6.77. The van der Waals surface area contributed by atoms with Crippen LogP contribution in [0.2, 0.25) is 0 Å². The number of carbonyl (C=O) groups is 1. The summed E-state index contributed by atoms with van der Waals surface area (Å²) in [7, 11) is 0. The third-order valence-corrected chi connectivity index (χ3v) is 3.78. The van der Waals surface area contributed by atoms with Gasteiger partial charge in [0.05, 0.1) is 12.7 Å². The highest BCUT2D eigenvalue weighted by Gasteiger charge is 2.37. The van der Waals surface area contributed by atoms with E-state index in [4.69, 9.17) is 4.74 Å². The summed E-state index contributed by atoms with van der Waals surface area (Å²) in [6.07, 6.45) is 5.49. The fourth-order valence-electron chi connectivity index (χ4n) is 2.07. The predicted molar refractivity (Wildman–Crippen MR) is 66.8 cm³/mol. The summed E-state index contributed by atoms with van der Waals surface area (Å²) < 4.78 is 5.70. The molecule has 4 heteroatoms. The number of hydrogen-bond acceptors (Lipinski definition) is 3. The largest absolute Gasteiger partial charge is 0.378 e. The molecule has 98 valence electrons. The standard InChI is InChI=1S/C13H24N2O2/c1-13(5-6-13)10-15-12(16)4-9-17-11-2-7-14-8-3-11/h11,14H,2-10H2,1H3,(H,15,16). The minimum atomic E-state index is 0.132. The molecule has 0 atom stereocenters. The molecule has 2 aliphatic rings. The van der Waals surface area contributed by atoms with E-state index in [0.29, 0.717) is 24.5 Å². The highest BCUT2D eigenvalue weighted by molar-refractivity contribution is 5.76. The minimum Gasteiger partial charge on any atom is -0.378 e. The summed E-state index contributed by atoms with van der Waals surface area (Å²) in [5.41, 5.74) is 0.394. The number of rotatable bonds is 6. The number of hydrogen-bond donors (Lipinski definition) is 2. The Morgan fingerprint density at radius 1 is 1.41 bits per heavy atom. The summed E-state index contributed by atoms with van der Waals surface area (Å²) in [5, 5.41) is 6.29. The van der Waals surface area contributed by atoms with E-state index in [1.165, 1.54) is 12.8 Å². The van der Waals surface area contributed by atoms with E-state index in [1.807, 2.05) is 0 Å². The van der Waals surface area contributed by atoms with Crippen LogP contribution in [0.4, 0.5) is 0 Å². The van der Waals surface area contributed by atoms with E-state index >= 15 is 0 Å². The number of piperidine rings is 1. The predicted octanol–water partition coefficient (Wildman–Crippen LogP) is 1.06. The van der Waals surface area contributed by atoms with Crippen LogP contribution >= 0.6 is 0 Å². The molecule has 0 bridgehead atoms. The van der Waals surface area contributed by atoms with Gasteiger partial charge in [-0.2, -0.15) is 0 Å². The maximum Gasteiger partial charge on any atom is 0.222 e. The topological polar surface area (TPSA) is 50.4 Å². The Kier molecular flexibility index (Phi) is 4.40. The molecule has 0 radical (unpaired) electrons. The van der Waals surface area contributed by atoms with Crippen molar-refractivity contribution in [3.05, 3.63) is 0 Å². The highest BCUT2D eigenvalue weighted by atomic mass is 16.5. The quantitative estimate of drug-likeness (QED) is 0.730. The second-order valence-electron chi connectivity index (χ2n) is 5.66. The fraction of sp³-hybridized carbons (Fsp3) is 0.923. The first-order valence-electron chi connectivity index (χ1n) is 6.77. The Bertz CT molecular complexity index is 258. The second kappa shape index (κ2) is 5.83. The lowest BCUT2D eigenvalue weighted by atomic mass is 10.1. The van der Waals surface area contributed by atoms with Gasteiger partial charge in [-0.1, -0.05) is 6.92 Å². The number of ether oxygens (including phenoxy) is 1. The van der Waals surface area contributed by atoms with Gasteiger partial charge in [0.2, 0.25) is 5.91 Å². The Labute approximate surface area is 103 Å². The zero-order valence-corrected chi connectivity index (χ0v) is 10.8. The summed E-state index contributed by atoms with van der Waals surface area (Å²) >= 11 is 0. The molecule has 2 rings (SSSR count).